The lowest BCUT2D eigenvalue weighted by Crippen LogP contribution is -2.33. The summed E-state index contributed by atoms with van der Waals surface area (Å²) < 4.78 is 20.6. The summed E-state index contributed by atoms with van der Waals surface area (Å²) in [6.45, 7) is 6.38. The highest BCUT2D eigenvalue weighted by molar-refractivity contribution is 5.85. The monoisotopic (exact) mass is 418 g/mol. The van der Waals surface area contributed by atoms with Crippen molar-refractivity contribution in [3.63, 3.8) is 0 Å². The second-order valence-electron chi connectivity index (χ2n) is 6.90. The average Bonchev–Trinajstić information content (AvgIpc) is 2.71. The van der Waals surface area contributed by atoms with Crippen LogP contribution in [0.25, 0.3) is 0 Å². The highest BCUT2D eigenvalue weighted by Gasteiger charge is 2.35. The molecule has 0 aliphatic rings. The fourth-order valence-electron chi connectivity index (χ4n) is 2.54. The van der Waals surface area contributed by atoms with Gasteiger partial charge in [0.05, 0.1) is 51.3 Å². The number of carbonyl (C=O) groups excluding carboxylic acids is 3. The van der Waals surface area contributed by atoms with E-state index in [1.165, 1.54) is 0 Å². The van der Waals surface area contributed by atoms with Crippen molar-refractivity contribution >= 4 is 17.9 Å². The third-order valence-corrected chi connectivity index (χ3v) is 4.38. The zero-order valence-corrected chi connectivity index (χ0v) is 18.2. The summed E-state index contributed by atoms with van der Waals surface area (Å²) in [5.41, 5.74) is 0. The first-order valence-corrected chi connectivity index (χ1v) is 10.6. The second kappa shape index (κ2) is 18.4. The molecule has 0 saturated heterocycles. The van der Waals surface area contributed by atoms with Crippen LogP contribution in [0.5, 0.6) is 0 Å². The summed E-state index contributed by atoms with van der Waals surface area (Å²) in [7, 11) is 0. The minimum Gasteiger partial charge on any atom is -0.466 e. The van der Waals surface area contributed by atoms with Gasteiger partial charge in [-0.2, -0.15) is 0 Å². The summed E-state index contributed by atoms with van der Waals surface area (Å²) in [6.07, 6.45) is 5.16. The summed E-state index contributed by atoms with van der Waals surface area (Å²) in [5, 5.41) is 8.65. The molecule has 0 aliphatic heterocycles. The van der Waals surface area contributed by atoms with Crippen LogP contribution in [0.2, 0.25) is 0 Å². The van der Waals surface area contributed by atoms with E-state index in [2.05, 4.69) is 6.92 Å². The van der Waals surface area contributed by atoms with Gasteiger partial charge in [-0.1, -0.05) is 46.5 Å². The Morgan fingerprint density at radius 2 is 1.34 bits per heavy atom. The molecule has 8 nitrogen and oxygen atoms in total. The van der Waals surface area contributed by atoms with Crippen molar-refractivity contribution in [2.24, 2.45) is 11.8 Å². The van der Waals surface area contributed by atoms with Crippen molar-refractivity contribution in [2.45, 2.75) is 65.7 Å². The minimum absolute atomic E-state index is 0.00288. The van der Waals surface area contributed by atoms with Crippen LogP contribution in [0.4, 0.5) is 0 Å². The molecule has 0 aliphatic carbocycles. The second-order valence-corrected chi connectivity index (χ2v) is 6.90. The van der Waals surface area contributed by atoms with E-state index in [1.54, 1.807) is 6.92 Å². The topological polar surface area (TPSA) is 108 Å². The number of hydrogen-bond donors (Lipinski definition) is 1. The number of esters is 3. The normalized spacial score (nSPS) is 12.8. The lowest BCUT2D eigenvalue weighted by molar-refractivity contribution is -0.164. The molecule has 0 bridgehead atoms. The molecule has 2 atom stereocenters. The number of unbranched alkanes of at least 4 members (excludes halogenated alkanes) is 4. The highest BCUT2D eigenvalue weighted by Crippen LogP contribution is 2.21. The number of rotatable bonds is 18. The molecule has 0 fully saturated rings. The molecule has 0 saturated carbocycles. The van der Waals surface area contributed by atoms with E-state index in [-0.39, 0.29) is 39.5 Å². The maximum absolute atomic E-state index is 12.5. The standard InChI is InChI=1S/C21H38O8/c1-4-6-8-11-27-19(23)16-18(21(25)28-12-9-7-5-2)17(3)20(24)29-15-14-26-13-10-22/h17-18,22H,4-16H2,1-3H3. The first-order valence-electron chi connectivity index (χ1n) is 10.6. The first kappa shape index (κ1) is 27.3. The van der Waals surface area contributed by atoms with Gasteiger partial charge in [0.1, 0.15) is 6.61 Å². The van der Waals surface area contributed by atoms with Gasteiger partial charge in [0.25, 0.3) is 0 Å². The van der Waals surface area contributed by atoms with E-state index >= 15 is 0 Å². The van der Waals surface area contributed by atoms with Crippen LogP contribution >= 0.6 is 0 Å². The van der Waals surface area contributed by atoms with Crippen molar-refractivity contribution < 1.29 is 38.4 Å². The number of carbonyl (C=O) groups is 3. The predicted molar refractivity (Wildman–Crippen MR) is 107 cm³/mol. The molecule has 2 unspecified atom stereocenters. The highest BCUT2D eigenvalue weighted by atomic mass is 16.6. The molecular formula is C21H38O8. The number of aliphatic hydroxyl groups is 1. The van der Waals surface area contributed by atoms with Gasteiger partial charge in [0, 0.05) is 0 Å². The van der Waals surface area contributed by atoms with E-state index in [0.29, 0.717) is 6.61 Å². The summed E-state index contributed by atoms with van der Waals surface area (Å²) >= 11 is 0. The number of hydrogen-bond acceptors (Lipinski definition) is 8. The van der Waals surface area contributed by atoms with Gasteiger partial charge < -0.3 is 24.1 Å². The smallest absolute Gasteiger partial charge is 0.310 e. The predicted octanol–water partition coefficient (Wildman–Crippen LogP) is 2.65. The van der Waals surface area contributed by atoms with E-state index in [4.69, 9.17) is 24.1 Å². The maximum Gasteiger partial charge on any atom is 0.310 e. The molecular weight excluding hydrogens is 380 g/mol. The van der Waals surface area contributed by atoms with Gasteiger partial charge in [-0.15, -0.1) is 0 Å². The molecule has 0 spiro atoms. The van der Waals surface area contributed by atoms with Gasteiger partial charge >= 0.3 is 17.9 Å². The zero-order chi connectivity index (χ0) is 21.9. The Morgan fingerprint density at radius 3 is 1.93 bits per heavy atom. The quantitative estimate of drug-likeness (QED) is 0.206. The minimum atomic E-state index is -0.957. The average molecular weight is 419 g/mol. The van der Waals surface area contributed by atoms with E-state index in [9.17, 15) is 14.4 Å². The number of aliphatic hydroxyl groups excluding tert-OH is 1. The van der Waals surface area contributed by atoms with Gasteiger partial charge in [0.2, 0.25) is 0 Å². The molecule has 170 valence electrons. The van der Waals surface area contributed by atoms with Crippen molar-refractivity contribution in [2.75, 3.05) is 39.6 Å². The molecule has 0 aromatic carbocycles. The summed E-state index contributed by atoms with van der Waals surface area (Å²) in [4.78, 5) is 36.9. The lowest BCUT2D eigenvalue weighted by atomic mass is 9.91. The fraction of sp³-hybridized carbons (Fsp3) is 0.857. The molecule has 0 aromatic rings. The molecule has 29 heavy (non-hydrogen) atoms. The van der Waals surface area contributed by atoms with Crippen LogP contribution in [0.1, 0.15) is 65.7 Å². The van der Waals surface area contributed by atoms with Crippen LogP contribution in [0, 0.1) is 11.8 Å². The van der Waals surface area contributed by atoms with Gasteiger partial charge in [0.15, 0.2) is 0 Å². The van der Waals surface area contributed by atoms with E-state index < -0.39 is 29.7 Å². The Morgan fingerprint density at radius 1 is 0.759 bits per heavy atom. The Balaban J connectivity index is 4.71. The van der Waals surface area contributed by atoms with E-state index in [1.807, 2.05) is 6.92 Å². The summed E-state index contributed by atoms with van der Waals surface area (Å²) in [6, 6.07) is 0. The molecule has 0 rings (SSSR count). The van der Waals surface area contributed by atoms with Gasteiger partial charge in [-0.3, -0.25) is 14.4 Å². The van der Waals surface area contributed by atoms with Crippen LogP contribution in [-0.4, -0.2) is 62.7 Å². The van der Waals surface area contributed by atoms with Crippen molar-refractivity contribution in [1.29, 1.82) is 0 Å². The Bertz CT molecular complexity index is 452. The summed E-state index contributed by atoms with van der Waals surface area (Å²) in [5.74, 6) is -3.53. The van der Waals surface area contributed by atoms with Crippen LogP contribution in [0.3, 0.4) is 0 Å². The first-order chi connectivity index (χ1) is 14.0. The largest absolute Gasteiger partial charge is 0.466 e. The molecule has 0 radical (unpaired) electrons. The van der Waals surface area contributed by atoms with Crippen LogP contribution < -0.4 is 0 Å². The zero-order valence-electron chi connectivity index (χ0n) is 18.2. The van der Waals surface area contributed by atoms with Gasteiger partial charge in [-0.05, 0) is 12.8 Å². The Hall–Kier alpha value is -1.67. The molecule has 0 heterocycles. The van der Waals surface area contributed by atoms with Crippen molar-refractivity contribution in [3.8, 4) is 0 Å². The number of ether oxygens (including phenoxy) is 4. The van der Waals surface area contributed by atoms with E-state index in [0.717, 1.165) is 38.5 Å². The lowest BCUT2D eigenvalue weighted by Gasteiger charge is -2.21. The van der Waals surface area contributed by atoms with Gasteiger partial charge in [-0.25, -0.2) is 0 Å². The van der Waals surface area contributed by atoms with Crippen molar-refractivity contribution in [1.82, 2.24) is 0 Å². The molecule has 8 heteroatoms. The molecule has 0 aromatic heterocycles. The van der Waals surface area contributed by atoms with Crippen LogP contribution in [0.15, 0.2) is 0 Å². The third kappa shape index (κ3) is 14.0. The van der Waals surface area contributed by atoms with Crippen molar-refractivity contribution in [3.05, 3.63) is 0 Å². The van der Waals surface area contributed by atoms with Crippen LogP contribution in [-0.2, 0) is 33.3 Å². The Kier molecular flexibility index (Phi) is 17.3. The Labute approximate surface area is 174 Å². The molecule has 1 N–H and O–H groups in total. The molecule has 0 amide bonds. The fourth-order valence-corrected chi connectivity index (χ4v) is 2.54. The third-order valence-electron chi connectivity index (χ3n) is 4.38. The maximum atomic E-state index is 12.5. The SMILES string of the molecule is CCCCCOC(=O)CC(C(=O)OCCCCC)C(C)C(=O)OCCOCCO.